The van der Waals surface area contributed by atoms with Crippen LogP contribution in [-0.2, 0) is 16.6 Å². The van der Waals surface area contributed by atoms with Gasteiger partial charge in [-0.15, -0.1) is 11.3 Å². The lowest BCUT2D eigenvalue weighted by Gasteiger charge is -2.17. The molecule has 0 saturated carbocycles. The second-order valence-corrected chi connectivity index (χ2v) is 8.36. The Hall–Kier alpha value is -0.890. The molecule has 0 aliphatic carbocycles. The number of anilines is 1. The number of nitrogens with two attached hydrogens (primary N) is 1. The fraction of sp³-hybridized carbons (Fsp3) is 0.167. The first-order valence-electron chi connectivity index (χ1n) is 5.45. The molecule has 1 heterocycles. The molecule has 102 valence electrons. The summed E-state index contributed by atoms with van der Waals surface area (Å²) in [7, 11) is -2.01. The van der Waals surface area contributed by atoms with E-state index in [1.165, 1.54) is 21.7 Å². The van der Waals surface area contributed by atoms with Gasteiger partial charge in [-0.05, 0) is 45.1 Å². The van der Waals surface area contributed by atoms with Crippen molar-refractivity contribution >= 4 is 43.0 Å². The summed E-state index contributed by atoms with van der Waals surface area (Å²) in [6, 6.07) is 8.39. The van der Waals surface area contributed by atoms with Gasteiger partial charge in [0.15, 0.2) is 0 Å². The maximum absolute atomic E-state index is 12.4. The Morgan fingerprint density at radius 2 is 2.05 bits per heavy atom. The van der Waals surface area contributed by atoms with Crippen LogP contribution in [0.2, 0.25) is 0 Å². The molecule has 0 aliphatic heterocycles. The normalized spacial score (nSPS) is 11.9. The van der Waals surface area contributed by atoms with Crippen LogP contribution in [0.1, 0.15) is 5.56 Å². The Balaban J connectivity index is 2.27. The molecule has 0 radical (unpaired) electrons. The van der Waals surface area contributed by atoms with Gasteiger partial charge in [0, 0.05) is 13.6 Å². The van der Waals surface area contributed by atoms with E-state index in [0.29, 0.717) is 6.54 Å². The standard InChI is InChI=1S/C12H13BrN2O2S2/c1-15(7-9-6-12(13)18-8-9)19(16,17)11-5-3-2-4-10(11)14/h2-6,8H,7,14H2,1H3. The molecule has 0 bridgehead atoms. The molecule has 0 unspecified atom stereocenters. The maximum atomic E-state index is 12.4. The third-order valence-electron chi connectivity index (χ3n) is 2.63. The number of benzene rings is 1. The van der Waals surface area contributed by atoms with E-state index in [2.05, 4.69) is 15.9 Å². The van der Waals surface area contributed by atoms with Crippen molar-refractivity contribution in [1.29, 1.82) is 0 Å². The average Bonchev–Trinajstić information content (AvgIpc) is 2.75. The second kappa shape index (κ2) is 5.62. The average molecular weight is 361 g/mol. The SMILES string of the molecule is CN(Cc1csc(Br)c1)S(=O)(=O)c1ccccc1N. The molecule has 0 saturated heterocycles. The minimum atomic E-state index is -3.56. The first kappa shape index (κ1) is 14.5. The largest absolute Gasteiger partial charge is 0.398 e. The highest BCUT2D eigenvalue weighted by Crippen LogP contribution is 2.25. The van der Waals surface area contributed by atoms with E-state index >= 15 is 0 Å². The summed E-state index contributed by atoms with van der Waals surface area (Å²) in [6.45, 7) is 0.318. The van der Waals surface area contributed by atoms with E-state index in [4.69, 9.17) is 5.73 Å². The molecule has 19 heavy (non-hydrogen) atoms. The molecule has 0 aliphatic rings. The Morgan fingerprint density at radius 3 is 2.63 bits per heavy atom. The van der Waals surface area contributed by atoms with Crippen LogP contribution in [0.3, 0.4) is 0 Å². The van der Waals surface area contributed by atoms with Gasteiger partial charge in [0.1, 0.15) is 4.90 Å². The molecule has 2 N–H and O–H groups in total. The van der Waals surface area contributed by atoms with E-state index in [1.807, 2.05) is 11.4 Å². The zero-order valence-corrected chi connectivity index (χ0v) is 13.4. The molecule has 0 spiro atoms. The molecular formula is C12H13BrN2O2S2. The fourth-order valence-electron chi connectivity index (χ4n) is 1.65. The summed E-state index contributed by atoms with van der Waals surface area (Å²) in [5, 5.41) is 1.92. The molecule has 0 amide bonds. The number of thiophene rings is 1. The van der Waals surface area contributed by atoms with E-state index in [1.54, 1.807) is 25.2 Å². The number of para-hydroxylation sites is 1. The van der Waals surface area contributed by atoms with Crippen LogP contribution >= 0.6 is 27.3 Å². The number of nitrogens with zero attached hydrogens (tertiary/aromatic N) is 1. The Bertz CT molecular complexity index is 683. The van der Waals surface area contributed by atoms with E-state index in [9.17, 15) is 8.42 Å². The van der Waals surface area contributed by atoms with E-state index in [-0.39, 0.29) is 10.6 Å². The maximum Gasteiger partial charge on any atom is 0.245 e. The minimum Gasteiger partial charge on any atom is -0.398 e. The van der Waals surface area contributed by atoms with E-state index in [0.717, 1.165) is 9.35 Å². The van der Waals surface area contributed by atoms with Crippen molar-refractivity contribution in [3.63, 3.8) is 0 Å². The number of hydrogen-bond acceptors (Lipinski definition) is 4. The highest BCUT2D eigenvalue weighted by Gasteiger charge is 2.23. The third-order valence-corrected chi connectivity index (χ3v) is 6.06. The Kier molecular flexibility index (Phi) is 4.29. The van der Waals surface area contributed by atoms with Crippen molar-refractivity contribution < 1.29 is 8.42 Å². The van der Waals surface area contributed by atoms with Crippen molar-refractivity contribution in [2.75, 3.05) is 12.8 Å². The van der Waals surface area contributed by atoms with Gasteiger partial charge in [-0.2, -0.15) is 4.31 Å². The summed E-state index contributed by atoms with van der Waals surface area (Å²) in [5.41, 5.74) is 6.94. The van der Waals surface area contributed by atoms with Gasteiger partial charge in [0.25, 0.3) is 0 Å². The monoisotopic (exact) mass is 360 g/mol. The van der Waals surface area contributed by atoms with Gasteiger partial charge in [-0.25, -0.2) is 8.42 Å². The van der Waals surface area contributed by atoms with Crippen LogP contribution < -0.4 is 5.73 Å². The number of halogens is 1. The summed E-state index contributed by atoms with van der Waals surface area (Å²) in [6.07, 6.45) is 0. The molecule has 7 heteroatoms. The predicted molar refractivity (Wildman–Crippen MR) is 81.5 cm³/mol. The summed E-state index contributed by atoms with van der Waals surface area (Å²) >= 11 is 4.89. The highest BCUT2D eigenvalue weighted by atomic mass is 79.9. The molecular weight excluding hydrogens is 348 g/mol. The summed E-state index contributed by atoms with van der Waals surface area (Å²) in [5.74, 6) is 0. The van der Waals surface area contributed by atoms with Crippen LogP contribution in [0.15, 0.2) is 44.4 Å². The van der Waals surface area contributed by atoms with Crippen molar-refractivity contribution in [3.05, 3.63) is 45.1 Å². The molecule has 2 rings (SSSR count). The highest BCUT2D eigenvalue weighted by molar-refractivity contribution is 9.11. The van der Waals surface area contributed by atoms with Gasteiger partial charge < -0.3 is 5.73 Å². The first-order valence-corrected chi connectivity index (χ1v) is 8.56. The minimum absolute atomic E-state index is 0.145. The molecule has 4 nitrogen and oxygen atoms in total. The molecule has 0 atom stereocenters. The summed E-state index contributed by atoms with van der Waals surface area (Å²) < 4.78 is 27.1. The fourth-order valence-corrected chi connectivity index (χ4v) is 4.13. The van der Waals surface area contributed by atoms with Gasteiger partial charge in [0.05, 0.1) is 9.47 Å². The predicted octanol–water partition coefficient (Wildman–Crippen LogP) is 2.91. The van der Waals surface area contributed by atoms with Crippen LogP contribution in [0.5, 0.6) is 0 Å². The Labute approximate surface area is 125 Å². The van der Waals surface area contributed by atoms with Crippen LogP contribution in [0.4, 0.5) is 5.69 Å². The smallest absolute Gasteiger partial charge is 0.245 e. The van der Waals surface area contributed by atoms with E-state index < -0.39 is 10.0 Å². The number of nitrogen functional groups attached to an aromatic ring is 1. The van der Waals surface area contributed by atoms with Gasteiger partial charge in [-0.1, -0.05) is 12.1 Å². The molecule has 2 aromatic rings. The zero-order chi connectivity index (χ0) is 14.0. The van der Waals surface area contributed by atoms with Crippen LogP contribution in [0, 0.1) is 0 Å². The van der Waals surface area contributed by atoms with Gasteiger partial charge >= 0.3 is 0 Å². The quantitative estimate of drug-likeness (QED) is 0.852. The lowest BCUT2D eigenvalue weighted by atomic mass is 10.3. The second-order valence-electron chi connectivity index (χ2n) is 4.06. The first-order chi connectivity index (χ1) is 8.91. The number of sulfonamides is 1. The van der Waals surface area contributed by atoms with Crippen LogP contribution in [0.25, 0.3) is 0 Å². The topological polar surface area (TPSA) is 63.4 Å². The lowest BCUT2D eigenvalue weighted by molar-refractivity contribution is 0.467. The van der Waals surface area contributed by atoms with Crippen molar-refractivity contribution in [2.24, 2.45) is 0 Å². The third kappa shape index (κ3) is 3.17. The summed E-state index contributed by atoms with van der Waals surface area (Å²) in [4.78, 5) is 0.145. The molecule has 0 fully saturated rings. The van der Waals surface area contributed by atoms with Crippen molar-refractivity contribution in [3.8, 4) is 0 Å². The van der Waals surface area contributed by atoms with Crippen LogP contribution in [-0.4, -0.2) is 19.8 Å². The van der Waals surface area contributed by atoms with Crippen molar-refractivity contribution in [2.45, 2.75) is 11.4 Å². The number of hydrogen-bond donors (Lipinski definition) is 1. The Morgan fingerprint density at radius 1 is 1.37 bits per heavy atom. The van der Waals surface area contributed by atoms with Crippen molar-refractivity contribution in [1.82, 2.24) is 4.31 Å². The lowest BCUT2D eigenvalue weighted by Crippen LogP contribution is -2.27. The van der Waals surface area contributed by atoms with Gasteiger partial charge in [0.2, 0.25) is 10.0 Å². The number of rotatable bonds is 4. The molecule has 1 aromatic heterocycles. The van der Waals surface area contributed by atoms with Gasteiger partial charge in [-0.3, -0.25) is 0 Å². The zero-order valence-electron chi connectivity index (χ0n) is 10.2. The molecule has 1 aromatic carbocycles.